The van der Waals surface area contributed by atoms with Crippen molar-refractivity contribution in [2.24, 2.45) is 10.7 Å². The number of benzene rings is 1. The van der Waals surface area contributed by atoms with E-state index in [9.17, 15) is 0 Å². The van der Waals surface area contributed by atoms with E-state index in [1.165, 1.54) is 16.6 Å². The zero-order chi connectivity index (χ0) is 12.1. The highest BCUT2D eigenvalue weighted by Crippen LogP contribution is 2.13. The molecular formula is C12H20BN3. The molecule has 0 aliphatic heterocycles. The summed E-state index contributed by atoms with van der Waals surface area (Å²) in [5.74, 6) is 0.494. The summed E-state index contributed by atoms with van der Waals surface area (Å²) < 4.78 is 0. The molecule has 0 atom stereocenters. The zero-order valence-corrected chi connectivity index (χ0v) is 10.6. The van der Waals surface area contributed by atoms with Crippen LogP contribution in [0.5, 0.6) is 0 Å². The molecule has 0 unspecified atom stereocenters. The van der Waals surface area contributed by atoms with Crippen LogP contribution >= 0.6 is 0 Å². The molecule has 1 aromatic rings. The molecule has 0 aliphatic rings. The highest BCUT2D eigenvalue weighted by molar-refractivity contribution is 6.36. The van der Waals surface area contributed by atoms with E-state index in [4.69, 9.17) is 5.73 Å². The molecule has 0 amide bonds. The summed E-state index contributed by atoms with van der Waals surface area (Å²) in [6.07, 6.45) is 1.04. The summed E-state index contributed by atoms with van der Waals surface area (Å²) in [5, 5.41) is 3.07. The molecule has 0 bridgehead atoms. The molecule has 0 aromatic heterocycles. The van der Waals surface area contributed by atoms with E-state index in [1.807, 2.05) is 6.07 Å². The fourth-order valence-corrected chi connectivity index (χ4v) is 1.49. The second-order valence-electron chi connectivity index (χ2n) is 4.08. The molecule has 0 aliphatic carbocycles. The first-order valence-corrected chi connectivity index (χ1v) is 5.71. The van der Waals surface area contributed by atoms with Gasteiger partial charge in [-0.1, -0.05) is 24.0 Å². The van der Waals surface area contributed by atoms with Crippen molar-refractivity contribution in [2.45, 2.75) is 27.2 Å². The monoisotopic (exact) mass is 217 g/mol. The lowest BCUT2D eigenvalue weighted by Gasteiger charge is -2.09. The first-order chi connectivity index (χ1) is 7.56. The summed E-state index contributed by atoms with van der Waals surface area (Å²) in [6, 6.07) is 4.09. The minimum Gasteiger partial charge on any atom is -0.370 e. The normalized spacial score (nSPS) is 11.6. The lowest BCUT2D eigenvalue weighted by molar-refractivity contribution is 0.834. The molecular weight excluding hydrogens is 197 g/mol. The van der Waals surface area contributed by atoms with Crippen LogP contribution in [0.2, 0.25) is 0 Å². The Morgan fingerprint density at radius 1 is 1.44 bits per heavy atom. The quantitative estimate of drug-likeness (QED) is 0.440. The van der Waals surface area contributed by atoms with E-state index < -0.39 is 0 Å². The van der Waals surface area contributed by atoms with Gasteiger partial charge in [-0.25, -0.2) is 4.99 Å². The number of hydrogen-bond donors (Lipinski definition) is 2. The Labute approximate surface area is 98.6 Å². The Morgan fingerprint density at radius 2 is 2.12 bits per heavy atom. The first kappa shape index (κ1) is 12.6. The molecule has 16 heavy (non-hydrogen) atoms. The zero-order valence-electron chi connectivity index (χ0n) is 10.6. The molecule has 0 fully saturated rings. The average molecular weight is 217 g/mol. The Balaban J connectivity index is 2.93. The molecule has 0 saturated carbocycles. The number of rotatable bonds is 3. The summed E-state index contributed by atoms with van der Waals surface area (Å²) in [4.78, 5) is 4.38. The second-order valence-corrected chi connectivity index (χ2v) is 4.08. The molecule has 1 rings (SSSR count). The first-order valence-electron chi connectivity index (χ1n) is 5.71. The lowest BCUT2D eigenvalue weighted by Crippen LogP contribution is -2.32. The van der Waals surface area contributed by atoms with Crippen LogP contribution in [-0.4, -0.2) is 20.4 Å². The average Bonchev–Trinajstić information content (AvgIpc) is 2.27. The maximum atomic E-state index is 5.79. The minimum absolute atomic E-state index is 0.494. The molecule has 3 nitrogen and oxygen atoms in total. The fraction of sp³-hybridized carbons (Fsp3) is 0.417. The van der Waals surface area contributed by atoms with Gasteiger partial charge >= 0.3 is 0 Å². The van der Waals surface area contributed by atoms with E-state index in [0.29, 0.717) is 5.96 Å². The van der Waals surface area contributed by atoms with Crippen LogP contribution in [-0.2, 0) is 0 Å². The summed E-state index contributed by atoms with van der Waals surface area (Å²) in [5.41, 5.74) is 10.5. The van der Waals surface area contributed by atoms with Crippen molar-refractivity contribution in [3.8, 4) is 0 Å². The third-order valence-electron chi connectivity index (χ3n) is 2.83. The molecule has 4 heteroatoms. The molecule has 0 spiro atoms. The van der Waals surface area contributed by atoms with Crippen molar-refractivity contribution in [1.82, 2.24) is 5.32 Å². The van der Waals surface area contributed by atoms with Crippen molar-refractivity contribution in [3.63, 3.8) is 0 Å². The maximum Gasteiger partial charge on any atom is 0.193 e. The van der Waals surface area contributed by atoms with Crippen molar-refractivity contribution in [2.75, 3.05) is 6.54 Å². The van der Waals surface area contributed by atoms with Gasteiger partial charge in [-0.05, 0) is 31.9 Å². The topological polar surface area (TPSA) is 50.4 Å². The van der Waals surface area contributed by atoms with Crippen LogP contribution in [0.25, 0.3) is 0 Å². The standard InChI is InChI=1S/C12H20BN3/c1-4-7-15-12(14)16-10-6-5-8(2)9(3)11(10)13/h5-6H,4,7,13H2,1-3H3,(H3,14,15,16). The fourth-order valence-electron chi connectivity index (χ4n) is 1.49. The number of nitrogens with two attached hydrogens (primary N) is 1. The molecule has 0 saturated heterocycles. The van der Waals surface area contributed by atoms with Gasteiger partial charge in [0.05, 0.1) is 5.69 Å². The van der Waals surface area contributed by atoms with Crippen LogP contribution < -0.4 is 16.5 Å². The van der Waals surface area contributed by atoms with Crippen LogP contribution in [0.15, 0.2) is 17.1 Å². The van der Waals surface area contributed by atoms with Gasteiger partial charge in [-0.2, -0.15) is 0 Å². The van der Waals surface area contributed by atoms with E-state index in [-0.39, 0.29) is 0 Å². The van der Waals surface area contributed by atoms with Crippen LogP contribution in [0.1, 0.15) is 24.5 Å². The largest absolute Gasteiger partial charge is 0.370 e. The summed E-state index contributed by atoms with van der Waals surface area (Å²) in [7, 11) is 2.08. The minimum atomic E-state index is 0.494. The van der Waals surface area contributed by atoms with E-state index in [2.05, 4.69) is 45.0 Å². The Bertz CT molecular complexity index is 399. The Hall–Kier alpha value is -1.45. The molecule has 0 radical (unpaired) electrons. The van der Waals surface area contributed by atoms with Gasteiger partial charge in [0.15, 0.2) is 5.96 Å². The third kappa shape index (κ3) is 3.02. The number of nitrogens with zero attached hydrogens (tertiary/aromatic N) is 1. The Kier molecular flexibility index (Phi) is 4.41. The predicted molar refractivity (Wildman–Crippen MR) is 73.7 cm³/mol. The highest BCUT2D eigenvalue weighted by atomic mass is 15.1. The van der Waals surface area contributed by atoms with Gasteiger partial charge in [0.1, 0.15) is 7.85 Å². The molecule has 1 aromatic carbocycles. The van der Waals surface area contributed by atoms with Gasteiger partial charge in [0, 0.05) is 6.54 Å². The number of aliphatic imine (C=N–C) groups is 1. The van der Waals surface area contributed by atoms with Crippen molar-refractivity contribution in [1.29, 1.82) is 0 Å². The smallest absolute Gasteiger partial charge is 0.193 e. The van der Waals surface area contributed by atoms with E-state index in [1.54, 1.807) is 0 Å². The van der Waals surface area contributed by atoms with Crippen molar-refractivity contribution < 1.29 is 0 Å². The van der Waals surface area contributed by atoms with E-state index in [0.717, 1.165) is 18.7 Å². The van der Waals surface area contributed by atoms with Crippen molar-refractivity contribution in [3.05, 3.63) is 23.3 Å². The van der Waals surface area contributed by atoms with Crippen LogP contribution in [0, 0.1) is 13.8 Å². The van der Waals surface area contributed by atoms with Gasteiger partial charge in [-0.3, -0.25) is 0 Å². The van der Waals surface area contributed by atoms with Gasteiger partial charge in [0.2, 0.25) is 0 Å². The predicted octanol–water partition coefficient (Wildman–Crippen LogP) is 0.508. The van der Waals surface area contributed by atoms with Gasteiger partial charge in [0.25, 0.3) is 0 Å². The number of guanidine groups is 1. The van der Waals surface area contributed by atoms with Crippen molar-refractivity contribution >= 4 is 25.0 Å². The number of aryl methyl sites for hydroxylation is 1. The molecule has 86 valence electrons. The SMILES string of the molecule is Bc1c(/N=C(\N)NCCC)ccc(C)c1C. The number of hydrogen-bond acceptors (Lipinski definition) is 1. The van der Waals surface area contributed by atoms with Gasteiger partial charge in [-0.15, -0.1) is 0 Å². The summed E-state index contributed by atoms with van der Waals surface area (Å²) >= 11 is 0. The summed E-state index contributed by atoms with van der Waals surface area (Å²) in [6.45, 7) is 7.18. The second kappa shape index (κ2) is 5.59. The van der Waals surface area contributed by atoms with E-state index >= 15 is 0 Å². The third-order valence-corrected chi connectivity index (χ3v) is 2.83. The molecule has 3 N–H and O–H groups in total. The lowest BCUT2D eigenvalue weighted by atomic mass is 9.87. The van der Waals surface area contributed by atoms with Gasteiger partial charge < -0.3 is 11.1 Å². The van der Waals surface area contributed by atoms with Crippen LogP contribution in [0.3, 0.4) is 0 Å². The highest BCUT2D eigenvalue weighted by Gasteiger charge is 2.02. The Morgan fingerprint density at radius 3 is 2.75 bits per heavy atom. The number of nitrogens with one attached hydrogen (secondary N) is 1. The maximum absolute atomic E-state index is 5.79. The molecule has 0 heterocycles. The van der Waals surface area contributed by atoms with Crippen LogP contribution in [0.4, 0.5) is 5.69 Å².